The molecule has 0 aromatic rings. The molecule has 3 N–H and O–H groups in total. The maximum absolute atomic E-state index is 13.1. The Hall–Kier alpha value is -1.94. The summed E-state index contributed by atoms with van der Waals surface area (Å²) in [5.74, 6) is 0.939. The van der Waals surface area contributed by atoms with Crippen molar-refractivity contribution in [3.8, 4) is 0 Å². The second-order valence-corrected chi connectivity index (χ2v) is 34.3. The summed E-state index contributed by atoms with van der Waals surface area (Å²) < 4.78 is 68.7. The third kappa shape index (κ3) is 76.1. The zero-order chi connectivity index (χ0) is 74.6. The molecule has 0 aromatic heterocycles. The van der Waals surface area contributed by atoms with Crippen LogP contribution in [0.2, 0.25) is 0 Å². The van der Waals surface area contributed by atoms with Crippen LogP contribution in [0.25, 0.3) is 0 Å². The topological polar surface area (TPSA) is 237 Å². The van der Waals surface area contributed by atoms with Gasteiger partial charge < -0.3 is 33.8 Å². The second-order valence-electron chi connectivity index (χ2n) is 31.4. The average molecular weight is 1480 g/mol. The van der Waals surface area contributed by atoms with Crippen LogP contribution in [-0.4, -0.2) is 96.7 Å². The molecule has 17 nitrogen and oxygen atoms in total. The van der Waals surface area contributed by atoms with E-state index in [0.717, 1.165) is 114 Å². The molecule has 0 bridgehead atoms. The van der Waals surface area contributed by atoms with E-state index in [0.29, 0.717) is 31.6 Å². The molecule has 101 heavy (non-hydrogen) atoms. The Kier molecular flexibility index (Phi) is 69.6. The van der Waals surface area contributed by atoms with Gasteiger partial charge in [0.2, 0.25) is 0 Å². The maximum Gasteiger partial charge on any atom is 0.472 e. The summed E-state index contributed by atoms with van der Waals surface area (Å²) in [4.78, 5) is 73.0. The summed E-state index contributed by atoms with van der Waals surface area (Å²) in [7, 11) is -9.92. The van der Waals surface area contributed by atoms with Crippen molar-refractivity contribution in [2.24, 2.45) is 23.7 Å². The molecule has 0 spiro atoms. The fourth-order valence-corrected chi connectivity index (χ4v) is 14.2. The highest BCUT2D eigenvalue weighted by molar-refractivity contribution is 7.47. The van der Waals surface area contributed by atoms with E-state index >= 15 is 0 Å². The first-order valence-corrected chi connectivity index (χ1v) is 45.2. The van der Waals surface area contributed by atoms with E-state index in [1.54, 1.807) is 0 Å². The van der Waals surface area contributed by atoms with Crippen LogP contribution < -0.4 is 0 Å². The van der Waals surface area contributed by atoms with Crippen molar-refractivity contribution in [3.63, 3.8) is 0 Å². The Morgan fingerprint density at radius 2 is 0.416 bits per heavy atom. The van der Waals surface area contributed by atoms with Crippen molar-refractivity contribution in [2.75, 3.05) is 39.6 Å². The fourth-order valence-electron chi connectivity index (χ4n) is 12.6. The van der Waals surface area contributed by atoms with Gasteiger partial charge in [0.25, 0.3) is 0 Å². The first kappa shape index (κ1) is 99.1. The molecule has 0 amide bonds. The van der Waals surface area contributed by atoms with Gasteiger partial charge in [0.05, 0.1) is 26.4 Å². The lowest BCUT2D eigenvalue weighted by Crippen LogP contribution is -2.30. The Morgan fingerprint density at radius 1 is 0.248 bits per heavy atom. The highest BCUT2D eigenvalue weighted by Gasteiger charge is 2.30. The highest BCUT2D eigenvalue weighted by atomic mass is 31.2. The van der Waals surface area contributed by atoms with Crippen molar-refractivity contribution in [1.29, 1.82) is 0 Å². The van der Waals surface area contributed by atoms with E-state index in [9.17, 15) is 43.2 Å². The molecule has 0 saturated carbocycles. The molecule has 5 atom stereocenters. The Bertz CT molecular complexity index is 1970. The molecule has 0 saturated heterocycles. The third-order valence-corrected chi connectivity index (χ3v) is 21.0. The van der Waals surface area contributed by atoms with E-state index in [4.69, 9.17) is 37.0 Å². The monoisotopic (exact) mass is 1480 g/mol. The summed E-state index contributed by atoms with van der Waals surface area (Å²) in [6, 6.07) is 0. The number of aliphatic hydroxyl groups excluding tert-OH is 1. The standard InChI is InChI=1S/C82H160O17P2/c1-72(2)58-50-42-34-27-23-19-15-11-9-10-12-17-21-25-29-38-46-54-62-79(84)92-68-77(98-81(86)64-56-48-39-30-26-22-18-14-13-16-20-24-28-35-43-51-59-73(3)4)70-96-100(88,89)94-66-76(83)67-95-101(90,91)97-71-78(69-93-80(85)63-55-47-41-33-37-45-53-61-75(7)8)99-82(87)65-57-49-40-32-31-36-44-52-60-74(5)6/h72-78,83H,9-71H2,1-8H3,(H,88,89)(H,90,91)/t76?,77-,78-/m1/s1. The van der Waals surface area contributed by atoms with Crippen molar-refractivity contribution in [1.82, 2.24) is 0 Å². The fraction of sp³-hybridized carbons (Fsp3) is 0.951. The predicted molar refractivity (Wildman–Crippen MR) is 414 cm³/mol. The molecule has 19 heteroatoms. The van der Waals surface area contributed by atoms with Gasteiger partial charge in [-0.15, -0.1) is 0 Å². The van der Waals surface area contributed by atoms with Crippen LogP contribution in [0.4, 0.5) is 0 Å². The number of carbonyl (C=O) groups is 4. The first-order chi connectivity index (χ1) is 48.6. The number of hydrogen-bond donors (Lipinski definition) is 3. The van der Waals surface area contributed by atoms with Gasteiger partial charge >= 0.3 is 39.5 Å². The van der Waals surface area contributed by atoms with E-state index in [1.165, 1.54) is 218 Å². The molecular weight excluding hydrogens is 1320 g/mol. The molecule has 0 aliphatic carbocycles. The zero-order valence-electron chi connectivity index (χ0n) is 66.5. The Labute approximate surface area is 619 Å². The van der Waals surface area contributed by atoms with Crippen molar-refractivity contribution >= 4 is 39.5 Å². The van der Waals surface area contributed by atoms with Crippen LogP contribution in [0.3, 0.4) is 0 Å². The number of aliphatic hydroxyl groups is 1. The minimum atomic E-state index is -4.96. The number of carbonyl (C=O) groups excluding carboxylic acids is 4. The van der Waals surface area contributed by atoms with Crippen LogP contribution in [0.5, 0.6) is 0 Å². The first-order valence-electron chi connectivity index (χ1n) is 42.2. The van der Waals surface area contributed by atoms with Crippen LogP contribution >= 0.6 is 15.6 Å². The van der Waals surface area contributed by atoms with Gasteiger partial charge in [0.15, 0.2) is 12.2 Å². The molecule has 0 radical (unpaired) electrons. The molecule has 0 rings (SSSR count). The predicted octanol–water partition coefficient (Wildman–Crippen LogP) is 24.4. The molecule has 0 aromatic carbocycles. The van der Waals surface area contributed by atoms with Gasteiger partial charge in [-0.3, -0.25) is 37.3 Å². The van der Waals surface area contributed by atoms with Crippen LogP contribution in [-0.2, 0) is 65.4 Å². The Balaban J connectivity index is 5.20. The lowest BCUT2D eigenvalue weighted by molar-refractivity contribution is -0.161. The normalized spacial score (nSPS) is 14.0. The van der Waals surface area contributed by atoms with Gasteiger partial charge in [-0.2, -0.15) is 0 Å². The second kappa shape index (κ2) is 71.0. The summed E-state index contributed by atoms with van der Waals surface area (Å²) in [5, 5.41) is 10.6. The lowest BCUT2D eigenvalue weighted by atomic mass is 10.0. The SMILES string of the molecule is CC(C)CCCCCCCCCCCCCCCCCCCCC(=O)OC[C@H](COP(=O)(O)OCC(O)COP(=O)(O)OC[C@@H](COC(=O)CCCCCCCCCC(C)C)OC(=O)CCCCCCCCCCC(C)C)OC(=O)CCCCCCCCCCCCCCCCCCC(C)C. The molecule has 0 heterocycles. The van der Waals surface area contributed by atoms with E-state index in [2.05, 4.69) is 55.4 Å². The van der Waals surface area contributed by atoms with E-state index in [1.807, 2.05) is 0 Å². The smallest absolute Gasteiger partial charge is 0.462 e. The average Bonchev–Trinajstić information content (AvgIpc) is 0.976. The minimum absolute atomic E-state index is 0.104. The number of phosphoric acid groups is 2. The van der Waals surface area contributed by atoms with Gasteiger partial charge in [0, 0.05) is 25.7 Å². The van der Waals surface area contributed by atoms with Crippen molar-refractivity contribution in [3.05, 3.63) is 0 Å². The zero-order valence-corrected chi connectivity index (χ0v) is 68.3. The number of phosphoric ester groups is 2. The van der Waals surface area contributed by atoms with Gasteiger partial charge in [-0.1, -0.05) is 370 Å². The van der Waals surface area contributed by atoms with E-state index < -0.39 is 97.5 Å². The Morgan fingerprint density at radius 3 is 0.614 bits per heavy atom. The molecule has 600 valence electrons. The van der Waals surface area contributed by atoms with Gasteiger partial charge in [-0.05, 0) is 49.4 Å². The lowest BCUT2D eigenvalue weighted by Gasteiger charge is -2.21. The number of unbranched alkanes of at least 4 members (excludes halogenated alkanes) is 45. The summed E-state index contributed by atoms with van der Waals surface area (Å²) in [6.07, 6.45) is 58.6. The van der Waals surface area contributed by atoms with Gasteiger partial charge in [-0.25, -0.2) is 9.13 Å². The van der Waals surface area contributed by atoms with Crippen LogP contribution in [0.15, 0.2) is 0 Å². The van der Waals surface area contributed by atoms with Crippen molar-refractivity contribution in [2.45, 2.75) is 440 Å². The molecule has 3 unspecified atom stereocenters. The number of ether oxygens (including phenoxy) is 4. The maximum atomic E-state index is 13.1. The molecule has 0 aliphatic heterocycles. The van der Waals surface area contributed by atoms with E-state index in [-0.39, 0.29) is 25.7 Å². The largest absolute Gasteiger partial charge is 0.472 e. The molecular formula is C82H160O17P2. The number of rotatable bonds is 79. The minimum Gasteiger partial charge on any atom is -0.462 e. The summed E-state index contributed by atoms with van der Waals surface area (Å²) in [6.45, 7) is 14.2. The number of hydrogen-bond acceptors (Lipinski definition) is 15. The van der Waals surface area contributed by atoms with Crippen molar-refractivity contribution < 1.29 is 80.2 Å². The third-order valence-electron chi connectivity index (χ3n) is 19.1. The number of esters is 4. The van der Waals surface area contributed by atoms with Crippen LogP contribution in [0.1, 0.15) is 421 Å². The molecule has 0 aliphatic rings. The van der Waals surface area contributed by atoms with Gasteiger partial charge in [0.1, 0.15) is 19.3 Å². The quantitative estimate of drug-likeness (QED) is 0.0222. The summed E-state index contributed by atoms with van der Waals surface area (Å²) >= 11 is 0. The summed E-state index contributed by atoms with van der Waals surface area (Å²) in [5.41, 5.74) is 0. The molecule has 0 fully saturated rings. The highest BCUT2D eigenvalue weighted by Crippen LogP contribution is 2.45. The van der Waals surface area contributed by atoms with Crippen LogP contribution in [0, 0.1) is 23.7 Å².